The third-order valence-electron chi connectivity index (χ3n) is 7.92. The molecule has 0 spiro atoms. The Morgan fingerprint density at radius 3 is 2.56 bits per heavy atom. The summed E-state index contributed by atoms with van der Waals surface area (Å²) >= 11 is 0. The standard InChI is InChI=1S/C30H33F2N7O2/c1-19-27(21-12-33-37(3)13-21)36-39(22-7-5-4-6-8-22)28(19)35-29(40)34-26-15-38(16-30(2)17-41-18-30)14-23(26)20-9-10-24(31)25(32)11-20/h4-13,23,26H,14-18H2,1-3H3,(H2,34,35,40)/t23-,26+/m0/s1. The van der Waals surface area contributed by atoms with Crippen molar-refractivity contribution in [1.82, 2.24) is 29.8 Å². The molecule has 0 radical (unpaired) electrons. The second-order valence-corrected chi connectivity index (χ2v) is 11.5. The third-order valence-corrected chi connectivity index (χ3v) is 7.92. The van der Waals surface area contributed by atoms with Gasteiger partial charge in [0.15, 0.2) is 11.6 Å². The van der Waals surface area contributed by atoms with Crippen molar-refractivity contribution in [3.8, 4) is 16.9 Å². The van der Waals surface area contributed by atoms with Crippen LogP contribution in [0.3, 0.4) is 0 Å². The maximum atomic E-state index is 14.2. The normalized spacial score (nSPS) is 20.1. The summed E-state index contributed by atoms with van der Waals surface area (Å²) in [7, 11) is 1.84. The summed E-state index contributed by atoms with van der Waals surface area (Å²) in [5.74, 6) is -1.47. The molecule has 2 atom stereocenters. The number of amides is 2. The van der Waals surface area contributed by atoms with E-state index >= 15 is 0 Å². The Kier molecular flexibility index (Phi) is 7.08. The van der Waals surface area contributed by atoms with Crippen LogP contribution in [-0.2, 0) is 11.8 Å². The van der Waals surface area contributed by atoms with Crippen LogP contribution >= 0.6 is 0 Å². The highest BCUT2D eigenvalue weighted by molar-refractivity contribution is 5.91. The predicted molar refractivity (Wildman–Crippen MR) is 151 cm³/mol. The number of hydrogen-bond donors (Lipinski definition) is 2. The van der Waals surface area contributed by atoms with E-state index in [4.69, 9.17) is 9.84 Å². The molecule has 2 fully saturated rings. The molecule has 6 rings (SSSR count). The molecule has 41 heavy (non-hydrogen) atoms. The molecule has 2 saturated heterocycles. The molecule has 0 aliphatic carbocycles. The molecule has 4 heterocycles. The van der Waals surface area contributed by atoms with E-state index < -0.39 is 17.7 Å². The zero-order valence-corrected chi connectivity index (χ0v) is 23.3. The summed E-state index contributed by atoms with van der Waals surface area (Å²) < 4.78 is 36.8. The fourth-order valence-electron chi connectivity index (χ4n) is 5.85. The number of hydrogen-bond acceptors (Lipinski definition) is 5. The average molecular weight is 562 g/mol. The minimum atomic E-state index is -0.895. The first-order valence-electron chi connectivity index (χ1n) is 13.7. The molecule has 11 heteroatoms. The van der Waals surface area contributed by atoms with Gasteiger partial charge in [0, 0.05) is 55.3 Å². The van der Waals surface area contributed by atoms with Crippen LogP contribution in [0.5, 0.6) is 0 Å². The van der Waals surface area contributed by atoms with Crippen molar-refractivity contribution in [3.05, 3.63) is 83.7 Å². The molecular formula is C30H33F2N7O2. The largest absolute Gasteiger partial charge is 0.380 e. The summed E-state index contributed by atoms with van der Waals surface area (Å²) in [6.45, 7) is 7.42. The molecule has 0 unspecified atom stereocenters. The Hall–Kier alpha value is -4.09. The van der Waals surface area contributed by atoms with Crippen molar-refractivity contribution in [2.75, 3.05) is 38.2 Å². The second kappa shape index (κ2) is 10.7. The van der Waals surface area contributed by atoms with E-state index in [1.54, 1.807) is 21.6 Å². The number of benzene rings is 2. The number of nitrogens with one attached hydrogen (secondary N) is 2. The number of nitrogens with zero attached hydrogens (tertiary/aromatic N) is 5. The van der Waals surface area contributed by atoms with Gasteiger partial charge in [0.25, 0.3) is 0 Å². The summed E-state index contributed by atoms with van der Waals surface area (Å²) in [5, 5.41) is 15.2. The van der Waals surface area contributed by atoms with E-state index in [0.717, 1.165) is 29.4 Å². The molecule has 2 aromatic carbocycles. The summed E-state index contributed by atoms with van der Waals surface area (Å²) in [5.41, 5.74) is 3.82. The van der Waals surface area contributed by atoms with Crippen molar-refractivity contribution >= 4 is 11.8 Å². The fourth-order valence-corrected chi connectivity index (χ4v) is 5.85. The lowest BCUT2D eigenvalue weighted by molar-refractivity contribution is -0.113. The highest BCUT2D eigenvalue weighted by Crippen LogP contribution is 2.34. The molecule has 4 aromatic rings. The van der Waals surface area contributed by atoms with Crippen LogP contribution in [0.25, 0.3) is 16.9 Å². The topological polar surface area (TPSA) is 89.2 Å². The lowest BCUT2D eigenvalue weighted by atomic mass is 9.88. The minimum Gasteiger partial charge on any atom is -0.380 e. The molecule has 0 saturated carbocycles. The number of rotatable bonds is 7. The number of likely N-dealkylation sites (tertiary alicyclic amines) is 1. The van der Waals surface area contributed by atoms with Crippen molar-refractivity contribution in [3.63, 3.8) is 0 Å². The smallest absolute Gasteiger partial charge is 0.320 e. The number of urea groups is 1. The van der Waals surface area contributed by atoms with E-state index in [1.807, 2.05) is 50.5 Å². The molecule has 9 nitrogen and oxygen atoms in total. The number of anilines is 1. The lowest BCUT2D eigenvalue weighted by Gasteiger charge is -2.40. The fraction of sp³-hybridized carbons (Fsp3) is 0.367. The van der Waals surface area contributed by atoms with E-state index in [0.29, 0.717) is 43.4 Å². The number of aryl methyl sites for hydroxylation is 1. The third kappa shape index (κ3) is 5.47. The Balaban J connectivity index is 1.27. The van der Waals surface area contributed by atoms with Crippen LogP contribution in [-0.4, -0.2) is 69.4 Å². The van der Waals surface area contributed by atoms with Gasteiger partial charge >= 0.3 is 6.03 Å². The van der Waals surface area contributed by atoms with Gasteiger partial charge < -0.3 is 10.1 Å². The Labute approximate surface area is 237 Å². The van der Waals surface area contributed by atoms with Crippen molar-refractivity contribution in [2.45, 2.75) is 25.8 Å². The average Bonchev–Trinajstić information content (AvgIpc) is 3.63. The Morgan fingerprint density at radius 1 is 1.12 bits per heavy atom. The molecule has 2 aromatic heterocycles. The molecule has 2 aliphatic rings. The number of carbonyl (C=O) groups is 1. The van der Waals surface area contributed by atoms with E-state index in [-0.39, 0.29) is 17.4 Å². The maximum absolute atomic E-state index is 14.2. The molecule has 2 aliphatic heterocycles. The molecular weight excluding hydrogens is 528 g/mol. The quantitative estimate of drug-likeness (QED) is 0.347. The van der Waals surface area contributed by atoms with Gasteiger partial charge in [0.1, 0.15) is 11.5 Å². The van der Waals surface area contributed by atoms with Gasteiger partial charge in [-0.2, -0.15) is 10.2 Å². The second-order valence-electron chi connectivity index (χ2n) is 11.5. The summed E-state index contributed by atoms with van der Waals surface area (Å²) in [4.78, 5) is 15.8. The Morgan fingerprint density at radius 2 is 1.90 bits per heavy atom. The highest BCUT2D eigenvalue weighted by atomic mass is 19.2. The number of ether oxygens (including phenoxy) is 1. The zero-order valence-electron chi connectivity index (χ0n) is 23.3. The van der Waals surface area contributed by atoms with Gasteiger partial charge in [-0.3, -0.25) is 14.9 Å². The van der Waals surface area contributed by atoms with Crippen molar-refractivity contribution in [2.24, 2.45) is 12.5 Å². The van der Waals surface area contributed by atoms with E-state index in [1.165, 1.54) is 6.07 Å². The molecule has 0 bridgehead atoms. The van der Waals surface area contributed by atoms with Crippen LogP contribution in [0, 0.1) is 24.0 Å². The predicted octanol–water partition coefficient (Wildman–Crippen LogP) is 4.49. The van der Waals surface area contributed by atoms with Gasteiger partial charge in [-0.15, -0.1) is 0 Å². The number of para-hydroxylation sites is 1. The summed E-state index contributed by atoms with van der Waals surface area (Å²) in [6, 6.07) is 12.8. The van der Waals surface area contributed by atoms with Crippen LogP contribution in [0.1, 0.15) is 24.0 Å². The monoisotopic (exact) mass is 561 g/mol. The maximum Gasteiger partial charge on any atom is 0.320 e. The number of aromatic nitrogens is 4. The van der Waals surface area contributed by atoms with Gasteiger partial charge in [0.05, 0.1) is 31.1 Å². The van der Waals surface area contributed by atoms with Gasteiger partial charge in [-0.25, -0.2) is 18.3 Å². The van der Waals surface area contributed by atoms with Crippen LogP contribution in [0.4, 0.5) is 19.4 Å². The molecule has 2 amide bonds. The number of halogens is 2. The SMILES string of the molecule is Cc1c(-c2cnn(C)c2)nn(-c2ccccc2)c1NC(=O)N[C@@H]1CN(CC2(C)COC2)C[C@H]1c1ccc(F)c(F)c1. The minimum absolute atomic E-state index is 0.0394. The van der Waals surface area contributed by atoms with E-state index in [2.05, 4.69) is 27.6 Å². The van der Waals surface area contributed by atoms with Crippen LogP contribution in [0.2, 0.25) is 0 Å². The zero-order chi connectivity index (χ0) is 28.7. The van der Waals surface area contributed by atoms with Crippen molar-refractivity contribution < 1.29 is 18.3 Å². The summed E-state index contributed by atoms with van der Waals surface area (Å²) in [6.07, 6.45) is 3.61. The van der Waals surface area contributed by atoms with Crippen molar-refractivity contribution in [1.29, 1.82) is 0 Å². The first kappa shape index (κ1) is 27.1. The van der Waals surface area contributed by atoms with E-state index in [9.17, 15) is 13.6 Å². The number of carbonyl (C=O) groups excluding carboxylic acids is 1. The highest BCUT2D eigenvalue weighted by Gasteiger charge is 2.41. The molecule has 214 valence electrons. The van der Waals surface area contributed by atoms with Gasteiger partial charge in [-0.1, -0.05) is 31.2 Å². The first-order valence-corrected chi connectivity index (χ1v) is 13.7. The van der Waals surface area contributed by atoms with Crippen LogP contribution < -0.4 is 10.6 Å². The molecule has 2 N–H and O–H groups in total. The first-order chi connectivity index (χ1) is 19.7. The van der Waals surface area contributed by atoms with Gasteiger partial charge in [-0.05, 0) is 36.8 Å². The van der Waals surface area contributed by atoms with Crippen LogP contribution in [0.15, 0.2) is 60.9 Å². The van der Waals surface area contributed by atoms with Gasteiger partial charge in [0.2, 0.25) is 0 Å². The Bertz CT molecular complexity index is 1560. The lowest BCUT2D eigenvalue weighted by Crippen LogP contribution is -2.49.